The minimum Gasteiger partial charge on any atom is -0.486 e. The van der Waals surface area contributed by atoms with Crippen LogP contribution >= 0.6 is 0 Å². The van der Waals surface area contributed by atoms with Gasteiger partial charge in [0.1, 0.15) is 13.2 Å². The number of benzene rings is 1. The second kappa shape index (κ2) is 4.85. The molecule has 2 rings (SSSR count). The Kier molecular flexibility index (Phi) is 3.26. The summed E-state index contributed by atoms with van der Waals surface area (Å²) in [6.07, 6.45) is 0. The average Bonchev–Trinajstić information content (AvgIpc) is 2.29. The smallest absolute Gasteiger partial charge is 0.317 e. The van der Waals surface area contributed by atoms with Crippen molar-refractivity contribution in [2.75, 3.05) is 19.8 Å². The zero-order chi connectivity index (χ0) is 11.4. The molecule has 5 nitrogen and oxygen atoms in total. The Hall–Kier alpha value is -1.75. The third-order valence-electron chi connectivity index (χ3n) is 2.24. The van der Waals surface area contributed by atoms with Crippen molar-refractivity contribution in [2.45, 2.75) is 6.54 Å². The lowest BCUT2D eigenvalue weighted by Gasteiger charge is -2.20. The summed E-state index contributed by atoms with van der Waals surface area (Å²) in [6, 6.07) is 5.60. The van der Waals surface area contributed by atoms with Crippen LogP contribution in [0.3, 0.4) is 0 Å². The molecule has 0 unspecified atom stereocenters. The molecule has 86 valence electrons. The summed E-state index contributed by atoms with van der Waals surface area (Å²) in [5.74, 6) is 0.564. The molecule has 1 aromatic rings. The first-order valence-electron chi connectivity index (χ1n) is 5.07. The van der Waals surface area contributed by atoms with E-state index in [4.69, 9.17) is 14.6 Å². The molecule has 1 aromatic carbocycles. The van der Waals surface area contributed by atoms with E-state index < -0.39 is 5.97 Å². The Bertz CT molecular complexity index is 392. The predicted octanol–water partition coefficient (Wildman–Crippen LogP) is 0.632. The van der Waals surface area contributed by atoms with Crippen molar-refractivity contribution in [1.82, 2.24) is 5.32 Å². The van der Waals surface area contributed by atoms with Gasteiger partial charge in [0.2, 0.25) is 0 Å². The Morgan fingerprint density at radius 3 is 3.00 bits per heavy atom. The summed E-state index contributed by atoms with van der Waals surface area (Å²) in [5.41, 5.74) is 0.915. The minimum atomic E-state index is -0.873. The van der Waals surface area contributed by atoms with Gasteiger partial charge in [-0.2, -0.15) is 0 Å². The van der Waals surface area contributed by atoms with E-state index in [-0.39, 0.29) is 6.54 Å². The van der Waals surface area contributed by atoms with Crippen LogP contribution in [-0.4, -0.2) is 30.8 Å². The van der Waals surface area contributed by atoms with E-state index in [1.54, 1.807) is 0 Å². The molecule has 1 aliphatic heterocycles. The molecule has 1 aliphatic rings. The summed E-state index contributed by atoms with van der Waals surface area (Å²) in [7, 11) is 0. The summed E-state index contributed by atoms with van der Waals surface area (Å²) in [5, 5.41) is 11.3. The van der Waals surface area contributed by atoms with Crippen molar-refractivity contribution >= 4 is 5.97 Å². The van der Waals surface area contributed by atoms with Crippen LogP contribution in [-0.2, 0) is 11.3 Å². The zero-order valence-electron chi connectivity index (χ0n) is 8.73. The van der Waals surface area contributed by atoms with E-state index in [0.29, 0.717) is 25.5 Å². The number of hydrogen-bond acceptors (Lipinski definition) is 4. The number of carbonyl (C=O) groups is 1. The van der Waals surface area contributed by atoms with Gasteiger partial charge in [-0.05, 0) is 6.07 Å². The van der Waals surface area contributed by atoms with Crippen LogP contribution in [0.2, 0.25) is 0 Å². The molecule has 0 atom stereocenters. The van der Waals surface area contributed by atoms with E-state index >= 15 is 0 Å². The van der Waals surface area contributed by atoms with E-state index in [1.165, 1.54) is 0 Å². The normalized spacial score (nSPS) is 13.5. The SMILES string of the molecule is O=C(O)CNCc1cccc2c1OCCO2. The third-order valence-corrected chi connectivity index (χ3v) is 2.24. The van der Waals surface area contributed by atoms with Gasteiger partial charge in [0, 0.05) is 12.1 Å². The standard InChI is InChI=1S/C11H13NO4/c13-10(14)7-12-6-8-2-1-3-9-11(8)16-5-4-15-9/h1-3,12H,4-7H2,(H,13,14). The van der Waals surface area contributed by atoms with E-state index in [1.807, 2.05) is 18.2 Å². The van der Waals surface area contributed by atoms with Crippen molar-refractivity contribution in [1.29, 1.82) is 0 Å². The monoisotopic (exact) mass is 223 g/mol. The van der Waals surface area contributed by atoms with Crippen LogP contribution in [0.1, 0.15) is 5.56 Å². The average molecular weight is 223 g/mol. The molecule has 1 heterocycles. The van der Waals surface area contributed by atoms with Crippen LogP contribution in [0.25, 0.3) is 0 Å². The first-order valence-corrected chi connectivity index (χ1v) is 5.07. The van der Waals surface area contributed by atoms with E-state index in [9.17, 15) is 4.79 Å². The number of para-hydroxylation sites is 1. The number of ether oxygens (including phenoxy) is 2. The van der Waals surface area contributed by atoms with Crippen LogP contribution in [0.5, 0.6) is 11.5 Å². The molecule has 0 saturated carbocycles. The Balaban J connectivity index is 2.05. The lowest BCUT2D eigenvalue weighted by molar-refractivity contribution is -0.135. The fourth-order valence-corrected chi connectivity index (χ4v) is 1.58. The van der Waals surface area contributed by atoms with Crippen molar-refractivity contribution in [3.8, 4) is 11.5 Å². The number of carboxylic acids is 1. The Labute approximate surface area is 93.0 Å². The second-order valence-electron chi connectivity index (χ2n) is 3.44. The Morgan fingerprint density at radius 2 is 2.19 bits per heavy atom. The summed E-state index contributed by atoms with van der Waals surface area (Å²) in [4.78, 5) is 10.4. The fraction of sp³-hybridized carbons (Fsp3) is 0.364. The van der Waals surface area contributed by atoms with Gasteiger partial charge in [-0.25, -0.2) is 0 Å². The predicted molar refractivity (Wildman–Crippen MR) is 56.8 cm³/mol. The van der Waals surface area contributed by atoms with Crippen molar-refractivity contribution in [2.24, 2.45) is 0 Å². The highest BCUT2D eigenvalue weighted by atomic mass is 16.6. The Morgan fingerprint density at radius 1 is 1.38 bits per heavy atom. The molecule has 0 saturated heterocycles. The van der Waals surface area contributed by atoms with Gasteiger partial charge in [0.15, 0.2) is 11.5 Å². The summed E-state index contributed by atoms with van der Waals surface area (Å²) in [6.45, 7) is 1.48. The molecule has 0 radical (unpaired) electrons. The molecule has 16 heavy (non-hydrogen) atoms. The van der Waals surface area contributed by atoms with Gasteiger partial charge in [-0.15, -0.1) is 0 Å². The van der Waals surface area contributed by atoms with Gasteiger partial charge in [-0.1, -0.05) is 12.1 Å². The van der Waals surface area contributed by atoms with Gasteiger partial charge in [0.05, 0.1) is 6.54 Å². The minimum absolute atomic E-state index is 0.0650. The second-order valence-corrected chi connectivity index (χ2v) is 3.44. The molecule has 5 heteroatoms. The van der Waals surface area contributed by atoms with Gasteiger partial charge < -0.3 is 19.9 Å². The molecule has 0 bridgehead atoms. The van der Waals surface area contributed by atoms with Crippen LogP contribution in [0.4, 0.5) is 0 Å². The fourth-order valence-electron chi connectivity index (χ4n) is 1.58. The van der Waals surface area contributed by atoms with Crippen molar-refractivity contribution in [3.05, 3.63) is 23.8 Å². The van der Waals surface area contributed by atoms with Crippen molar-refractivity contribution in [3.63, 3.8) is 0 Å². The number of carboxylic acid groups (broad SMARTS) is 1. The van der Waals surface area contributed by atoms with Crippen LogP contribution < -0.4 is 14.8 Å². The highest BCUT2D eigenvalue weighted by Gasteiger charge is 2.14. The first-order chi connectivity index (χ1) is 7.77. The van der Waals surface area contributed by atoms with Gasteiger partial charge in [0.25, 0.3) is 0 Å². The highest BCUT2D eigenvalue weighted by Crippen LogP contribution is 2.33. The number of aliphatic carboxylic acids is 1. The molecule has 0 fully saturated rings. The maximum atomic E-state index is 10.4. The lowest BCUT2D eigenvalue weighted by Crippen LogP contribution is -2.23. The first kappa shape index (κ1) is 10.8. The molecular formula is C11H13NO4. The number of rotatable bonds is 4. The van der Waals surface area contributed by atoms with E-state index in [0.717, 1.165) is 11.3 Å². The zero-order valence-corrected chi connectivity index (χ0v) is 8.73. The topological polar surface area (TPSA) is 67.8 Å². The summed E-state index contributed by atoms with van der Waals surface area (Å²) < 4.78 is 10.9. The van der Waals surface area contributed by atoms with Crippen molar-refractivity contribution < 1.29 is 19.4 Å². The maximum Gasteiger partial charge on any atom is 0.317 e. The molecule has 0 aromatic heterocycles. The molecule has 2 N–H and O–H groups in total. The lowest BCUT2D eigenvalue weighted by atomic mass is 10.1. The van der Waals surface area contributed by atoms with Gasteiger partial charge in [-0.3, -0.25) is 4.79 Å². The summed E-state index contributed by atoms with van der Waals surface area (Å²) >= 11 is 0. The molecule has 0 aliphatic carbocycles. The van der Waals surface area contributed by atoms with Crippen LogP contribution in [0.15, 0.2) is 18.2 Å². The maximum absolute atomic E-state index is 10.4. The molecule has 0 amide bonds. The molecule has 0 spiro atoms. The van der Waals surface area contributed by atoms with Crippen LogP contribution in [0, 0.1) is 0 Å². The highest BCUT2D eigenvalue weighted by molar-refractivity contribution is 5.69. The quantitative estimate of drug-likeness (QED) is 0.783. The number of fused-ring (bicyclic) bond motifs is 1. The van der Waals surface area contributed by atoms with E-state index in [2.05, 4.69) is 5.32 Å². The third kappa shape index (κ3) is 2.43. The number of hydrogen-bond donors (Lipinski definition) is 2. The number of nitrogens with one attached hydrogen (secondary N) is 1. The van der Waals surface area contributed by atoms with Gasteiger partial charge >= 0.3 is 5.97 Å². The largest absolute Gasteiger partial charge is 0.486 e. The molecular weight excluding hydrogens is 210 g/mol.